The lowest BCUT2D eigenvalue weighted by atomic mass is 9.56. The molecule has 3 heteroatoms. The van der Waals surface area contributed by atoms with Gasteiger partial charge in [0.1, 0.15) is 11.8 Å². The van der Waals surface area contributed by atoms with Crippen molar-refractivity contribution in [1.29, 1.82) is 5.26 Å². The summed E-state index contributed by atoms with van der Waals surface area (Å²) in [4.78, 5) is 1.30. The van der Waals surface area contributed by atoms with Crippen molar-refractivity contribution >= 4 is 17.1 Å². The van der Waals surface area contributed by atoms with Crippen molar-refractivity contribution in [2.45, 2.75) is 51.4 Å². The van der Waals surface area contributed by atoms with Crippen molar-refractivity contribution in [3.05, 3.63) is 28.8 Å². The fraction of sp³-hybridized carbons (Fsp3) is 0.579. The molecule has 114 valence electrons. The number of hydrogen-bond donors (Lipinski definition) is 1. The van der Waals surface area contributed by atoms with Crippen molar-refractivity contribution in [3.8, 4) is 11.8 Å². The summed E-state index contributed by atoms with van der Waals surface area (Å²) < 4.78 is 0. The van der Waals surface area contributed by atoms with Gasteiger partial charge in [-0.25, -0.2) is 0 Å². The molecule has 4 rings (SSSR count). The van der Waals surface area contributed by atoms with Gasteiger partial charge in [0.15, 0.2) is 0 Å². The molecule has 2 nitrogen and oxygen atoms in total. The molecule has 1 aromatic carbocycles. The Morgan fingerprint density at radius 1 is 1.27 bits per heavy atom. The van der Waals surface area contributed by atoms with E-state index in [1.165, 1.54) is 41.7 Å². The maximum atomic E-state index is 9.95. The van der Waals surface area contributed by atoms with Gasteiger partial charge in [-0.05, 0) is 84.4 Å². The number of phenolic OH excluding ortho intramolecular Hbond substituents is 1. The molecule has 4 atom stereocenters. The van der Waals surface area contributed by atoms with E-state index in [2.05, 4.69) is 13.0 Å². The largest absolute Gasteiger partial charge is 0.507 e. The van der Waals surface area contributed by atoms with E-state index in [1.807, 2.05) is 12.1 Å². The predicted octanol–water partition coefficient (Wildman–Crippen LogP) is 4.49. The van der Waals surface area contributed by atoms with Crippen LogP contribution in [0.4, 0.5) is 0 Å². The van der Waals surface area contributed by atoms with Crippen LogP contribution in [0.2, 0.25) is 0 Å². The van der Waals surface area contributed by atoms with Crippen LogP contribution in [0.5, 0.6) is 5.75 Å². The highest BCUT2D eigenvalue weighted by Gasteiger charge is 2.52. The number of hydrogen-bond acceptors (Lipinski definition) is 3. The van der Waals surface area contributed by atoms with Crippen LogP contribution in [0.1, 0.15) is 61.6 Å². The van der Waals surface area contributed by atoms with E-state index < -0.39 is 0 Å². The summed E-state index contributed by atoms with van der Waals surface area (Å²) in [5.74, 6) is 2.10. The Kier molecular flexibility index (Phi) is 3.10. The average Bonchev–Trinajstić information content (AvgIpc) is 2.82. The van der Waals surface area contributed by atoms with Crippen LogP contribution >= 0.6 is 12.2 Å². The third-order valence-corrected chi connectivity index (χ3v) is 7.34. The molecular formula is C19H21NOS. The Morgan fingerprint density at radius 3 is 2.86 bits per heavy atom. The van der Waals surface area contributed by atoms with Crippen LogP contribution in [-0.4, -0.2) is 9.97 Å². The number of aryl methyl sites for hydroxylation is 1. The van der Waals surface area contributed by atoms with Crippen molar-refractivity contribution < 1.29 is 5.11 Å². The fourth-order valence-electron chi connectivity index (χ4n) is 5.47. The van der Waals surface area contributed by atoms with Gasteiger partial charge >= 0.3 is 0 Å². The molecule has 0 saturated heterocycles. The van der Waals surface area contributed by atoms with Crippen LogP contribution in [-0.2, 0) is 6.42 Å². The zero-order valence-electron chi connectivity index (χ0n) is 12.9. The SMILES string of the molecule is C[C@]12CC[C@@H]3c4cc(C#N)c(O)cc4CC[C@H]3[C@@H]1CCC2=S. The molecule has 0 heterocycles. The van der Waals surface area contributed by atoms with Gasteiger partial charge in [0.05, 0.1) is 5.56 Å². The first-order valence-corrected chi connectivity index (χ1v) is 8.74. The predicted molar refractivity (Wildman–Crippen MR) is 90.0 cm³/mol. The van der Waals surface area contributed by atoms with Crippen molar-refractivity contribution in [1.82, 2.24) is 0 Å². The molecule has 2 saturated carbocycles. The third-order valence-electron chi connectivity index (χ3n) is 6.67. The maximum absolute atomic E-state index is 9.95. The van der Waals surface area contributed by atoms with Gasteiger partial charge in [0.2, 0.25) is 0 Å². The summed E-state index contributed by atoms with van der Waals surface area (Å²) in [6, 6.07) is 5.92. The molecule has 0 unspecified atom stereocenters. The molecule has 0 radical (unpaired) electrons. The molecule has 0 spiro atoms. The van der Waals surface area contributed by atoms with E-state index in [1.54, 1.807) is 0 Å². The van der Waals surface area contributed by atoms with Crippen LogP contribution in [0.25, 0.3) is 0 Å². The second kappa shape index (κ2) is 4.80. The molecule has 0 aromatic heterocycles. The van der Waals surface area contributed by atoms with E-state index in [0.717, 1.165) is 12.8 Å². The lowest BCUT2D eigenvalue weighted by molar-refractivity contribution is 0.0967. The van der Waals surface area contributed by atoms with Gasteiger partial charge in [0, 0.05) is 5.41 Å². The van der Waals surface area contributed by atoms with Crippen LogP contribution < -0.4 is 0 Å². The number of benzene rings is 1. The van der Waals surface area contributed by atoms with Gasteiger partial charge in [-0.2, -0.15) is 5.26 Å². The minimum Gasteiger partial charge on any atom is -0.507 e. The highest BCUT2D eigenvalue weighted by Crippen LogP contribution is 2.60. The van der Waals surface area contributed by atoms with E-state index >= 15 is 0 Å². The van der Waals surface area contributed by atoms with Crippen LogP contribution in [0, 0.1) is 28.6 Å². The lowest BCUT2D eigenvalue weighted by Gasteiger charge is -2.49. The number of rotatable bonds is 0. The molecule has 3 aliphatic rings. The van der Waals surface area contributed by atoms with Gasteiger partial charge in [-0.3, -0.25) is 0 Å². The average molecular weight is 311 g/mol. The van der Waals surface area contributed by atoms with E-state index in [-0.39, 0.29) is 11.2 Å². The second-order valence-corrected chi connectivity index (χ2v) is 8.01. The molecule has 3 aliphatic carbocycles. The number of nitrogens with zero attached hydrogens (tertiary/aromatic N) is 1. The quantitative estimate of drug-likeness (QED) is 0.718. The molecule has 0 bridgehead atoms. The Labute approximate surface area is 137 Å². The Bertz CT molecular complexity index is 704. The Hall–Kier alpha value is -1.40. The standard InChI is InChI=1S/C19H21NOS/c1-19-7-6-13-14(16(19)4-5-18(19)22)3-2-11-9-17(21)12(10-20)8-15(11)13/h8-9,13-14,16,21H,2-7H2,1H3/t13-,14+,16-,19-/m0/s1. The number of fused-ring (bicyclic) bond motifs is 5. The summed E-state index contributed by atoms with van der Waals surface area (Å²) in [6.45, 7) is 2.39. The molecule has 0 amide bonds. The smallest absolute Gasteiger partial charge is 0.133 e. The summed E-state index contributed by atoms with van der Waals surface area (Å²) in [6.07, 6.45) is 6.93. The minimum atomic E-state index is 0.141. The van der Waals surface area contributed by atoms with Gasteiger partial charge in [-0.1, -0.05) is 19.1 Å². The first-order chi connectivity index (χ1) is 10.5. The highest BCUT2D eigenvalue weighted by molar-refractivity contribution is 7.80. The topological polar surface area (TPSA) is 44.0 Å². The normalized spacial score (nSPS) is 36.2. The third kappa shape index (κ3) is 1.80. The van der Waals surface area contributed by atoms with Crippen LogP contribution in [0.3, 0.4) is 0 Å². The van der Waals surface area contributed by atoms with Crippen LogP contribution in [0.15, 0.2) is 12.1 Å². The van der Waals surface area contributed by atoms with E-state index in [9.17, 15) is 10.4 Å². The second-order valence-electron chi connectivity index (χ2n) is 7.51. The van der Waals surface area contributed by atoms with Gasteiger partial charge in [-0.15, -0.1) is 0 Å². The highest BCUT2D eigenvalue weighted by atomic mass is 32.1. The van der Waals surface area contributed by atoms with E-state index in [0.29, 0.717) is 23.3 Å². The monoisotopic (exact) mass is 311 g/mol. The number of thiocarbonyl (C=S) groups is 1. The summed E-state index contributed by atoms with van der Waals surface area (Å²) in [7, 11) is 0. The van der Waals surface area contributed by atoms with E-state index in [4.69, 9.17) is 12.2 Å². The minimum absolute atomic E-state index is 0.141. The Morgan fingerprint density at radius 2 is 2.09 bits per heavy atom. The molecule has 1 N–H and O–H groups in total. The molecule has 22 heavy (non-hydrogen) atoms. The molecule has 2 fully saturated rings. The van der Waals surface area contributed by atoms with Gasteiger partial charge in [0.25, 0.3) is 0 Å². The summed E-state index contributed by atoms with van der Waals surface area (Å²) >= 11 is 5.68. The zero-order valence-corrected chi connectivity index (χ0v) is 13.7. The molecular weight excluding hydrogens is 290 g/mol. The fourth-order valence-corrected chi connectivity index (χ4v) is 5.84. The maximum Gasteiger partial charge on any atom is 0.133 e. The number of nitriles is 1. The first kappa shape index (κ1) is 14.2. The molecule has 0 aliphatic heterocycles. The van der Waals surface area contributed by atoms with Crippen molar-refractivity contribution in [2.75, 3.05) is 0 Å². The first-order valence-electron chi connectivity index (χ1n) is 8.34. The molecule has 1 aromatic rings. The summed E-state index contributed by atoms with van der Waals surface area (Å²) in [5.41, 5.74) is 3.27. The zero-order chi connectivity index (χ0) is 15.5. The number of aromatic hydroxyl groups is 1. The van der Waals surface area contributed by atoms with Crippen molar-refractivity contribution in [2.24, 2.45) is 17.3 Å². The lowest BCUT2D eigenvalue weighted by Crippen LogP contribution is -2.42. The Balaban J connectivity index is 1.76. The van der Waals surface area contributed by atoms with Crippen molar-refractivity contribution in [3.63, 3.8) is 0 Å². The number of phenols is 1. The van der Waals surface area contributed by atoms with Gasteiger partial charge < -0.3 is 5.11 Å². The summed E-state index contributed by atoms with van der Waals surface area (Å²) in [5, 5.41) is 19.2.